The van der Waals surface area contributed by atoms with Crippen LogP contribution in [0.5, 0.6) is 0 Å². The van der Waals surface area contributed by atoms with Crippen molar-refractivity contribution >= 4 is 17.9 Å². The molecule has 0 bridgehead atoms. The lowest BCUT2D eigenvalue weighted by Gasteiger charge is -2.31. The van der Waals surface area contributed by atoms with E-state index in [1.54, 1.807) is 26.8 Å². The molecular weight excluding hydrogens is 394 g/mol. The van der Waals surface area contributed by atoms with Crippen LogP contribution in [0.15, 0.2) is 36.9 Å². The standard InChI is InChI=1S/C24H37N3O4/c1-7-9-12-15-25-22(29)21(19-14-11-10-13-18(19)3)27(16-8-2)20(28)17-26-23(30)31-24(4,5)6/h8,10-11,13-14,21H,2,7,9,12,15-17H2,1,3-6H3,(H,25,29)(H,26,30). The second-order valence-corrected chi connectivity index (χ2v) is 8.45. The first-order chi connectivity index (χ1) is 14.6. The Labute approximate surface area is 186 Å². The van der Waals surface area contributed by atoms with Gasteiger partial charge >= 0.3 is 6.09 Å². The normalized spacial score (nSPS) is 11.9. The summed E-state index contributed by atoms with van der Waals surface area (Å²) in [6.45, 7) is 13.4. The van der Waals surface area contributed by atoms with Gasteiger partial charge in [-0.3, -0.25) is 9.59 Å². The number of nitrogens with one attached hydrogen (secondary N) is 2. The number of carbonyl (C=O) groups excluding carboxylic acids is 3. The smallest absolute Gasteiger partial charge is 0.408 e. The molecule has 0 spiro atoms. The Morgan fingerprint density at radius 2 is 1.84 bits per heavy atom. The summed E-state index contributed by atoms with van der Waals surface area (Å²) >= 11 is 0. The molecule has 0 aliphatic rings. The van der Waals surface area contributed by atoms with E-state index < -0.39 is 23.6 Å². The predicted octanol–water partition coefficient (Wildman–Crippen LogP) is 3.88. The van der Waals surface area contributed by atoms with E-state index >= 15 is 0 Å². The fraction of sp³-hybridized carbons (Fsp3) is 0.542. The summed E-state index contributed by atoms with van der Waals surface area (Å²) in [6, 6.07) is 6.65. The van der Waals surface area contributed by atoms with Crippen LogP contribution in [0.3, 0.4) is 0 Å². The maximum Gasteiger partial charge on any atom is 0.408 e. The van der Waals surface area contributed by atoms with Crippen LogP contribution >= 0.6 is 0 Å². The topological polar surface area (TPSA) is 87.7 Å². The van der Waals surface area contributed by atoms with E-state index in [9.17, 15) is 14.4 Å². The van der Waals surface area contributed by atoms with E-state index in [-0.39, 0.29) is 19.0 Å². The zero-order chi connectivity index (χ0) is 23.4. The number of hydrogen-bond acceptors (Lipinski definition) is 4. The van der Waals surface area contributed by atoms with Crippen LogP contribution in [0.25, 0.3) is 0 Å². The molecule has 1 aromatic rings. The van der Waals surface area contributed by atoms with Crippen molar-refractivity contribution < 1.29 is 19.1 Å². The zero-order valence-corrected chi connectivity index (χ0v) is 19.5. The molecule has 3 amide bonds. The molecule has 1 unspecified atom stereocenters. The number of ether oxygens (including phenoxy) is 1. The van der Waals surface area contributed by atoms with Gasteiger partial charge in [-0.15, -0.1) is 6.58 Å². The molecule has 0 heterocycles. The molecular formula is C24H37N3O4. The number of amides is 3. The highest BCUT2D eigenvalue weighted by molar-refractivity contribution is 5.90. The highest BCUT2D eigenvalue weighted by Gasteiger charge is 2.31. The van der Waals surface area contributed by atoms with E-state index in [0.29, 0.717) is 6.54 Å². The third kappa shape index (κ3) is 9.24. The molecule has 0 aliphatic heterocycles. The van der Waals surface area contributed by atoms with Crippen molar-refractivity contribution in [3.05, 3.63) is 48.0 Å². The monoisotopic (exact) mass is 431 g/mol. The lowest BCUT2D eigenvalue weighted by atomic mass is 9.98. The molecule has 0 saturated heterocycles. The van der Waals surface area contributed by atoms with Gasteiger partial charge in [-0.2, -0.15) is 0 Å². The number of hydrogen-bond donors (Lipinski definition) is 2. The zero-order valence-electron chi connectivity index (χ0n) is 19.5. The molecule has 1 rings (SSSR count). The summed E-state index contributed by atoms with van der Waals surface area (Å²) in [7, 11) is 0. The minimum absolute atomic E-state index is 0.163. The van der Waals surface area contributed by atoms with Crippen molar-refractivity contribution in [2.75, 3.05) is 19.6 Å². The second kappa shape index (κ2) is 12.8. The van der Waals surface area contributed by atoms with Gasteiger partial charge in [0.25, 0.3) is 0 Å². The minimum atomic E-state index is -0.825. The number of unbranched alkanes of at least 4 members (excludes halogenated alkanes) is 2. The fourth-order valence-corrected chi connectivity index (χ4v) is 3.08. The molecule has 0 aliphatic carbocycles. The third-order valence-electron chi connectivity index (χ3n) is 4.55. The Morgan fingerprint density at radius 1 is 1.16 bits per heavy atom. The number of nitrogens with zero attached hydrogens (tertiary/aromatic N) is 1. The quantitative estimate of drug-likeness (QED) is 0.411. The maximum absolute atomic E-state index is 13.2. The Bertz CT molecular complexity index is 755. The number of rotatable bonds is 11. The summed E-state index contributed by atoms with van der Waals surface area (Å²) in [5.74, 6) is -0.652. The van der Waals surface area contributed by atoms with Crippen LogP contribution in [0.1, 0.15) is 64.1 Å². The summed E-state index contributed by atoms with van der Waals surface area (Å²) < 4.78 is 5.20. The lowest BCUT2D eigenvalue weighted by Crippen LogP contribution is -2.48. The average molecular weight is 432 g/mol. The molecule has 1 aromatic carbocycles. The van der Waals surface area contributed by atoms with E-state index in [2.05, 4.69) is 24.1 Å². The molecule has 31 heavy (non-hydrogen) atoms. The van der Waals surface area contributed by atoms with Gasteiger partial charge in [0.15, 0.2) is 0 Å². The SMILES string of the molecule is C=CCN(C(=O)CNC(=O)OC(C)(C)C)C(C(=O)NCCCCC)c1ccccc1C. The molecule has 2 N–H and O–H groups in total. The molecule has 0 radical (unpaired) electrons. The van der Waals surface area contributed by atoms with Crippen LogP contribution in [0.4, 0.5) is 4.79 Å². The third-order valence-corrected chi connectivity index (χ3v) is 4.55. The average Bonchev–Trinajstić information content (AvgIpc) is 2.69. The molecule has 0 saturated carbocycles. The first-order valence-corrected chi connectivity index (χ1v) is 10.8. The Kier molecular flexibility index (Phi) is 10.8. The van der Waals surface area contributed by atoms with Crippen LogP contribution in [-0.2, 0) is 14.3 Å². The molecule has 7 nitrogen and oxygen atoms in total. The molecule has 0 fully saturated rings. The van der Waals surface area contributed by atoms with E-state index in [1.165, 1.54) is 4.90 Å². The number of benzene rings is 1. The van der Waals surface area contributed by atoms with Gasteiger partial charge in [-0.25, -0.2) is 4.79 Å². The van der Waals surface area contributed by atoms with Crippen molar-refractivity contribution in [1.82, 2.24) is 15.5 Å². The summed E-state index contributed by atoms with van der Waals surface area (Å²) in [6.07, 6.45) is 3.83. The molecule has 1 atom stereocenters. The van der Waals surface area contributed by atoms with Gasteiger partial charge < -0.3 is 20.3 Å². The first kappa shape index (κ1) is 26.2. The molecule has 7 heteroatoms. The van der Waals surface area contributed by atoms with Crippen molar-refractivity contribution in [2.24, 2.45) is 0 Å². The number of carbonyl (C=O) groups is 3. The van der Waals surface area contributed by atoms with Crippen molar-refractivity contribution in [2.45, 2.75) is 65.5 Å². The van der Waals surface area contributed by atoms with Crippen molar-refractivity contribution in [1.29, 1.82) is 0 Å². The number of alkyl carbamates (subject to hydrolysis) is 1. The van der Waals surface area contributed by atoms with Gasteiger partial charge in [-0.1, -0.05) is 50.1 Å². The Hall–Kier alpha value is -2.83. The lowest BCUT2D eigenvalue weighted by molar-refractivity contribution is -0.139. The fourth-order valence-electron chi connectivity index (χ4n) is 3.08. The van der Waals surface area contributed by atoms with Gasteiger partial charge in [0.1, 0.15) is 18.2 Å². The summed E-state index contributed by atoms with van der Waals surface area (Å²) in [5, 5.41) is 5.43. The Balaban J connectivity index is 3.07. The minimum Gasteiger partial charge on any atom is -0.444 e. The largest absolute Gasteiger partial charge is 0.444 e. The van der Waals surface area contributed by atoms with Crippen molar-refractivity contribution in [3.8, 4) is 0 Å². The van der Waals surface area contributed by atoms with Crippen LogP contribution in [0, 0.1) is 6.92 Å². The van der Waals surface area contributed by atoms with E-state index in [0.717, 1.165) is 30.4 Å². The number of aryl methyl sites for hydroxylation is 1. The highest BCUT2D eigenvalue weighted by atomic mass is 16.6. The van der Waals surface area contributed by atoms with E-state index in [1.807, 2.05) is 31.2 Å². The second-order valence-electron chi connectivity index (χ2n) is 8.45. The van der Waals surface area contributed by atoms with Crippen LogP contribution in [-0.4, -0.2) is 48.0 Å². The van der Waals surface area contributed by atoms with E-state index in [4.69, 9.17) is 4.74 Å². The summed E-state index contributed by atoms with van der Waals surface area (Å²) in [4.78, 5) is 39.6. The van der Waals surface area contributed by atoms with Crippen molar-refractivity contribution in [3.63, 3.8) is 0 Å². The maximum atomic E-state index is 13.2. The predicted molar refractivity (Wildman–Crippen MR) is 123 cm³/mol. The Morgan fingerprint density at radius 3 is 2.42 bits per heavy atom. The molecule has 0 aromatic heterocycles. The van der Waals surface area contributed by atoms with Gasteiger partial charge in [-0.05, 0) is 45.2 Å². The van der Waals surface area contributed by atoms with Gasteiger partial charge in [0.05, 0.1) is 0 Å². The van der Waals surface area contributed by atoms with Gasteiger partial charge in [0, 0.05) is 13.1 Å². The van der Waals surface area contributed by atoms with Gasteiger partial charge in [0.2, 0.25) is 11.8 Å². The highest BCUT2D eigenvalue weighted by Crippen LogP contribution is 2.24. The summed E-state index contributed by atoms with van der Waals surface area (Å²) in [5.41, 5.74) is 0.969. The van der Waals surface area contributed by atoms with Crippen LogP contribution < -0.4 is 10.6 Å². The molecule has 172 valence electrons. The van der Waals surface area contributed by atoms with Crippen LogP contribution in [0.2, 0.25) is 0 Å². The first-order valence-electron chi connectivity index (χ1n) is 10.8.